The molecular formula is C14H12ClNO2S. The van der Waals surface area contributed by atoms with E-state index in [0.29, 0.717) is 22.2 Å². The molecule has 0 atom stereocenters. The molecule has 3 nitrogen and oxygen atoms in total. The molecule has 0 aliphatic heterocycles. The number of hydrogen-bond donors (Lipinski definition) is 0. The molecule has 0 unspecified atom stereocenters. The van der Waals surface area contributed by atoms with Crippen molar-refractivity contribution in [2.75, 3.05) is 6.26 Å². The SMILES string of the molecule is CSc1cc(Cl)ccc1C(=O)c1cc(C2CC2)on1. The summed E-state index contributed by atoms with van der Waals surface area (Å²) in [4.78, 5) is 13.3. The Labute approximate surface area is 120 Å². The fourth-order valence-corrected chi connectivity index (χ4v) is 2.81. The maximum Gasteiger partial charge on any atom is 0.216 e. The number of benzene rings is 1. The number of hydrogen-bond acceptors (Lipinski definition) is 4. The van der Waals surface area contributed by atoms with Crippen LogP contribution in [0.5, 0.6) is 0 Å². The van der Waals surface area contributed by atoms with Crippen molar-refractivity contribution in [3.63, 3.8) is 0 Å². The van der Waals surface area contributed by atoms with E-state index in [1.807, 2.05) is 6.26 Å². The summed E-state index contributed by atoms with van der Waals surface area (Å²) in [6.45, 7) is 0. The molecule has 1 aromatic carbocycles. The third-order valence-corrected chi connectivity index (χ3v) is 4.16. The van der Waals surface area contributed by atoms with Crippen molar-refractivity contribution in [1.29, 1.82) is 0 Å². The van der Waals surface area contributed by atoms with Crippen LogP contribution in [0.2, 0.25) is 5.02 Å². The molecule has 0 spiro atoms. The molecule has 1 saturated carbocycles. The van der Waals surface area contributed by atoms with Crippen LogP contribution < -0.4 is 0 Å². The summed E-state index contributed by atoms with van der Waals surface area (Å²) >= 11 is 7.44. The second-order valence-electron chi connectivity index (χ2n) is 4.56. The lowest BCUT2D eigenvalue weighted by molar-refractivity contribution is 0.102. The standard InChI is InChI=1S/C14H12ClNO2S/c1-19-13-6-9(15)4-5-10(13)14(17)11-7-12(18-16-11)8-2-3-8/h4-8H,2-3H2,1H3. The number of aromatic nitrogens is 1. The van der Waals surface area contributed by atoms with Gasteiger partial charge < -0.3 is 4.52 Å². The normalized spacial score (nSPS) is 14.6. The number of carbonyl (C=O) groups excluding carboxylic acids is 1. The molecule has 2 aromatic rings. The summed E-state index contributed by atoms with van der Waals surface area (Å²) in [5, 5.41) is 4.51. The van der Waals surface area contributed by atoms with Crippen LogP contribution in [0.25, 0.3) is 0 Å². The number of carbonyl (C=O) groups is 1. The van der Waals surface area contributed by atoms with Gasteiger partial charge in [0.15, 0.2) is 5.69 Å². The minimum atomic E-state index is -0.114. The fourth-order valence-electron chi connectivity index (χ4n) is 1.95. The van der Waals surface area contributed by atoms with E-state index in [-0.39, 0.29) is 5.78 Å². The monoisotopic (exact) mass is 293 g/mol. The summed E-state index contributed by atoms with van der Waals surface area (Å²) in [5.74, 6) is 1.17. The van der Waals surface area contributed by atoms with E-state index in [9.17, 15) is 4.79 Å². The molecule has 98 valence electrons. The topological polar surface area (TPSA) is 43.1 Å². The molecule has 0 N–H and O–H groups in total. The van der Waals surface area contributed by atoms with Gasteiger partial charge in [-0.25, -0.2) is 0 Å². The zero-order valence-electron chi connectivity index (χ0n) is 10.4. The number of halogens is 1. The molecule has 0 saturated heterocycles. The number of rotatable bonds is 4. The highest BCUT2D eigenvalue weighted by Crippen LogP contribution is 2.40. The molecule has 1 aliphatic carbocycles. The summed E-state index contributed by atoms with van der Waals surface area (Å²) < 4.78 is 5.22. The van der Waals surface area contributed by atoms with E-state index in [1.165, 1.54) is 11.8 Å². The second kappa shape index (κ2) is 5.02. The fraction of sp³-hybridized carbons (Fsp3) is 0.286. The van der Waals surface area contributed by atoms with Gasteiger partial charge in [0.25, 0.3) is 0 Å². The van der Waals surface area contributed by atoms with E-state index in [2.05, 4.69) is 5.16 Å². The number of thioether (sulfide) groups is 1. The van der Waals surface area contributed by atoms with Crippen LogP contribution in [0.1, 0.15) is 40.6 Å². The molecule has 5 heteroatoms. The van der Waals surface area contributed by atoms with Crippen molar-refractivity contribution < 1.29 is 9.32 Å². The lowest BCUT2D eigenvalue weighted by Crippen LogP contribution is -2.03. The third kappa shape index (κ3) is 2.55. The van der Waals surface area contributed by atoms with E-state index < -0.39 is 0 Å². The Morgan fingerprint density at radius 1 is 1.42 bits per heavy atom. The number of nitrogens with zero attached hydrogens (tertiary/aromatic N) is 1. The minimum Gasteiger partial charge on any atom is -0.360 e. The van der Waals surface area contributed by atoms with Crippen LogP contribution in [0, 0.1) is 0 Å². The predicted octanol–water partition coefficient (Wildman–Crippen LogP) is 4.16. The van der Waals surface area contributed by atoms with Crippen LogP contribution in [-0.2, 0) is 0 Å². The van der Waals surface area contributed by atoms with Crippen LogP contribution in [0.3, 0.4) is 0 Å². The molecular weight excluding hydrogens is 282 g/mol. The van der Waals surface area contributed by atoms with Crippen molar-refractivity contribution in [3.05, 3.63) is 46.3 Å². The van der Waals surface area contributed by atoms with Gasteiger partial charge in [0.2, 0.25) is 5.78 Å². The van der Waals surface area contributed by atoms with Gasteiger partial charge >= 0.3 is 0 Å². The Kier molecular flexibility index (Phi) is 3.37. The van der Waals surface area contributed by atoms with E-state index >= 15 is 0 Å². The summed E-state index contributed by atoms with van der Waals surface area (Å²) in [5.41, 5.74) is 0.993. The van der Waals surface area contributed by atoms with Crippen molar-refractivity contribution in [1.82, 2.24) is 5.16 Å². The molecule has 1 aliphatic rings. The average molecular weight is 294 g/mol. The molecule has 1 aromatic heterocycles. The van der Waals surface area contributed by atoms with Gasteiger partial charge in [-0.3, -0.25) is 4.79 Å². The molecule has 1 heterocycles. The summed E-state index contributed by atoms with van der Waals surface area (Å²) in [6, 6.07) is 7.01. The Hall–Kier alpha value is -1.26. The molecule has 0 radical (unpaired) electrons. The van der Waals surface area contributed by atoms with Crippen molar-refractivity contribution in [3.8, 4) is 0 Å². The van der Waals surface area contributed by atoms with Gasteiger partial charge in [-0.05, 0) is 37.3 Å². The minimum absolute atomic E-state index is 0.114. The first kappa shape index (κ1) is 12.8. The predicted molar refractivity (Wildman–Crippen MR) is 75.1 cm³/mol. The van der Waals surface area contributed by atoms with Gasteiger partial charge in [0.05, 0.1) is 0 Å². The Morgan fingerprint density at radius 2 is 2.21 bits per heavy atom. The van der Waals surface area contributed by atoms with Crippen molar-refractivity contribution in [2.45, 2.75) is 23.7 Å². The van der Waals surface area contributed by atoms with Crippen LogP contribution in [0.4, 0.5) is 0 Å². The first-order valence-corrected chi connectivity index (χ1v) is 7.64. The van der Waals surface area contributed by atoms with Gasteiger partial charge in [0.1, 0.15) is 5.76 Å². The maximum atomic E-state index is 12.4. The molecule has 0 bridgehead atoms. The van der Waals surface area contributed by atoms with Crippen LogP contribution in [0.15, 0.2) is 33.7 Å². The van der Waals surface area contributed by atoms with Gasteiger partial charge in [-0.1, -0.05) is 16.8 Å². The van der Waals surface area contributed by atoms with Gasteiger partial charge in [-0.2, -0.15) is 0 Å². The van der Waals surface area contributed by atoms with Gasteiger partial charge in [-0.15, -0.1) is 11.8 Å². The lowest BCUT2D eigenvalue weighted by Gasteiger charge is -2.04. The number of ketones is 1. The molecule has 0 amide bonds. The first-order valence-electron chi connectivity index (χ1n) is 6.04. The van der Waals surface area contributed by atoms with Gasteiger partial charge in [0, 0.05) is 27.5 Å². The highest BCUT2D eigenvalue weighted by Gasteiger charge is 2.29. The van der Waals surface area contributed by atoms with Crippen LogP contribution >= 0.6 is 23.4 Å². The lowest BCUT2D eigenvalue weighted by atomic mass is 10.1. The first-order chi connectivity index (χ1) is 9.19. The smallest absolute Gasteiger partial charge is 0.216 e. The summed E-state index contributed by atoms with van der Waals surface area (Å²) in [6.07, 6.45) is 4.17. The Balaban J connectivity index is 1.93. The second-order valence-corrected chi connectivity index (χ2v) is 5.85. The highest BCUT2D eigenvalue weighted by molar-refractivity contribution is 7.98. The van der Waals surface area contributed by atoms with Crippen molar-refractivity contribution in [2.24, 2.45) is 0 Å². The van der Waals surface area contributed by atoms with E-state index in [4.69, 9.17) is 16.1 Å². The Morgan fingerprint density at radius 3 is 2.89 bits per heavy atom. The Bertz CT molecular complexity index is 634. The zero-order chi connectivity index (χ0) is 13.4. The quantitative estimate of drug-likeness (QED) is 0.627. The molecule has 19 heavy (non-hydrogen) atoms. The highest BCUT2D eigenvalue weighted by atomic mass is 35.5. The molecule has 3 rings (SSSR count). The van der Waals surface area contributed by atoms with E-state index in [0.717, 1.165) is 23.5 Å². The summed E-state index contributed by atoms with van der Waals surface area (Å²) in [7, 11) is 0. The largest absolute Gasteiger partial charge is 0.360 e. The average Bonchev–Trinajstić information content (AvgIpc) is 3.15. The van der Waals surface area contributed by atoms with Crippen LogP contribution in [-0.4, -0.2) is 17.2 Å². The van der Waals surface area contributed by atoms with E-state index in [1.54, 1.807) is 24.3 Å². The van der Waals surface area contributed by atoms with Crippen molar-refractivity contribution >= 4 is 29.1 Å². The maximum absolute atomic E-state index is 12.4. The zero-order valence-corrected chi connectivity index (χ0v) is 11.9. The third-order valence-electron chi connectivity index (χ3n) is 3.15. The molecule has 1 fully saturated rings.